The number of oxime groups is 1. The van der Waals surface area contributed by atoms with Crippen molar-refractivity contribution in [2.24, 2.45) is 11.1 Å². The molecule has 84 valence electrons. The molecule has 0 N–H and O–H groups in total. The van der Waals surface area contributed by atoms with Crippen molar-refractivity contribution in [3.05, 3.63) is 42.0 Å². The van der Waals surface area contributed by atoms with Crippen LogP contribution in [0.3, 0.4) is 0 Å². The predicted octanol–water partition coefficient (Wildman–Crippen LogP) is 3.63. The maximum absolute atomic E-state index is 5.24. The molecule has 16 heavy (non-hydrogen) atoms. The second-order valence-electron chi connectivity index (χ2n) is 4.16. The Morgan fingerprint density at radius 3 is 2.62 bits per heavy atom. The fourth-order valence-electron chi connectivity index (χ4n) is 1.58. The zero-order chi connectivity index (χ0) is 11.2. The molecule has 1 aromatic carbocycles. The summed E-state index contributed by atoms with van der Waals surface area (Å²) in [5.74, 6) is 0.656. The second-order valence-corrected chi connectivity index (χ2v) is 4.16. The third kappa shape index (κ3) is 2.96. The second kappa shape index (κ2) is 5.50. The molecule has 0 unspecified atom stereocenters. The van der Waals surface area contributed by atoms with E-state index in [1.807, 2.05) is 36.6 Å². The van der Waals surface area contributed by atoms with Crippen molar-refractivity contribution < 1.29 is 4.84 Å². The van der Waals surface area contributed by atoms with E-state index < -0.39 is 0 Å². The molecule has 0 aliphatic heterocycles. The molecule has 0 amide bonds. The van der Waals surface area contributed by atoms with E-state index in [0.717, 1.165) is 11.1 Å². The zero-order valence-electron chi connectivity index (χ0n) is 9.43. The molecular formula is C14H17NO. The van der Waals surface area contributed by atoms with Gasteiger partial charge in [-0.25, -0.2) is 0 Å². The van der Waals surface area contributed by atoms with Crippen LogP contribution in [-0.2, 0) is 11.4 Å². The summed E-state index contributed by atoms with van der Waals surface area (Å²) in [5.41, 5.74) is 2.26. The van der Waals surface area contributed by atoms with Gasteiger partial charge in [0.1, 0.15) is 6.61 Å². The molecule has 0 heterocycles. The number of benzene rings is 1. The van der Waals surface area contributed by atoms with E-state index >= 15 is 0 Å². The molecule has 2 heteroatoms. The highest BCUT2D eigenvalue weighted by molar-refractivity contribution is 5.60. The first-order valence-electron chi connectivity index (χ1n) is 5.75. The third-order valence-corrected chi connectivity index (χ3v) is 2.94. The first-order chi connectivity index (χ1) is 7.88. The molecule has 1 aliphatic rings. The molecule has 1 aromatic rings. The van der Waals surface area contributed by atoms with Gasteiger partial charge in [0.15, 0.2) is 0 Å². The highest BCUT2D eigenvalue weighted by Crippen LogP contribution is 2.24. The molecule has 0 atom stereocenters. The van der Waals surface area contributed by atoms with Crippen molar-refractivity contribution in [3.8, 4) is 0 Å². The first kappa shape index (κ1) is 10.9. The average Bonchev–Trinajstić information content (AvgIpc) is 2.27. The molecular weight excluding hydrogens is 198 g/mol. The number of hydrogen-bond donors (Lipinski definition) is 0. The van der Waals surface area contributed by atoms with Gasteiger partial charge in [-0.15, -0.1) is 0 Å². The van der Waals surface area contributed by atoms with Crippen LogP contribution in [0.25, 0.3) is 6.08 Å². The minimum absolute atomic E-state index is 0.542. The number of rotatable bonds is 5. The van der Waals surface area contributed by atoms with E-state index in [-0.39, 0.29) is 0 Å². The van der Waals surface area contributed by atoms with E-state index in [2.05, 4.69) is 11.7 Å². The van der Waals surface area contributed by atoms with Crippen LogP contribution in [-0.4, -0.2) is 6.21 Å². The Kier molecular flexibility index (Phi) is 3.76. The van der Waals surface area contributed by atoms with Gasteiger partial charge in [0.2, 0.25) is 0 Å². The molecule has 1 aliphatic carbocycles. The first-order valence-corrected chi connectivity index (χ1v) is 5.75. The predicted molar refractivity (Wildman–Crippen MR) is 67.2 cm³/mol. The van der Waals surface area contributed by atoms with E-state index in [4.69, 9.17) is 4.84 Å². The lowest BCUT2D eigenvalue weighted by molar-refractivity contribution is 0.129. The Labute approximate surface area is 96.6 Å². The van der Waals surface area contributed by atoms with E-state index in [1.54, 1.807) is 0 Å². The van der Waals surface area contributed by atoms with Crippen molar-refractivity contribution >= 4 is 12.3 Å². The Balaban J connectivity index is 1.75. The van der Waals surface area contributed by atoms with Crippen LogP contribution >= 0.6 is 0 Å². The van der Waals surface area contributed by atoms with E-state index in [0.29, 0.717) is 12.5 Å². The summed E-state index contributed by atoms with van der Waals surface area (Å²) in [6.07, 6.45) is 7.63. The topological polar surface area (TPSA) is 21.6 Å². The fourth-order valence-corrected chi connectivity index (χ4v) is 1.58. The average molecular weight is 215 g/mol. The Hall–Kier alpha value is -1.57. The standard InChI is InChI=1S/C14H17NO/c1-2-12-6-8-14(9-7-12)11-16-15-10-13-4-3-5-13/h2,6-10,13H,1,3-5,11H2. The van der Waals surface area contributed by atoms with Crippen LogP contribution in [0.5, 0.6) is 0 Å². The minimum atomic E-state index is 0.542. The fraction of sp³-hybridized carbons (Fsp3) is 0.357. The summed E-state index contributed by atoms with van der Waals surface area (Å²) in [6.45, 7) is 4.26. The van der Waals surface area contributed by atoms with Gasteiger partial charge in [0.25, 0.3) is 0 Å². The lowest BCUT2D eigenvalue weighted by Crippen LogP contribution is -2.11. The monoisotopic (exact) mass is 215 g/mol. The van der Waals surface area contributed by atoms with Gasteiger partial charge in [0.05, 0.1) is 0 Å². The largest absolute Gasteiger partial charge is 0.391 e. The van der Waals surface area contributed by atoms with Gasteiger partial charge in [0, 0.05) is 6.21 Å². The van der Waals surface area contributed by atoms with Crippen molar-refractivity contribution in [2.75, 3.05) is 0 Å². The molecule has 1 saturated carbocycles. The highest BCUT2D eigenvalue weighted by Gasteiger charge is 2.14. The maximum Gasteiger partial charge on any atom is 0.142 e. The van der Waals surface area contributed by atoms with Crippen LogP contribution in [0.15, 0.2) is 36.0 Å². The van der Waals surface area contributed by atoms with Gasteiger partial charge in [-0.2, -0.15) is 0 Å². The lowest BCUT2D eigenvalue weighted by atomic mass is 9.87. The van der Waals surface area contributed by atoms with Crippen LogP contribution in [0, 0.1) is 5.92 Å². The Morgan fingerprint density at radius 2 is 2.06 bits per heavy atom. The molecule has 1 fully saturated rings. The van der Waals surface area contributed by atoms with Gasteiger partial charge >= 0.3 is 0 Å². The zero-order valence-corrected chi connectivity index (χ0v) is 9.43. The normalized spacial score (nSPS) is 16.0. The van der Waals surface area contributed by atoms with Crippen molar-refractivity contribution in [3.63, 3.8) is 0 Å². The van der Waals surface area contributed by atoms with Crippen LogP contribution in [0.2, 0.25) is 0 Å². The molecule has 0 saturated heterocycles. The highest BCUT2D eigenvalue weighted by atomic mass is 16.6. The van der Waals surface area contributed by atoms with Crippen LogP contribution in [0.4, 0.5) is 0 Å². The van der Waals surface area contributed by atoms with Crippen LogP contribution < -0.4 is 0 Å². The smallest absolute Gasteiger partial charge is 0.142 e. The van der Waals surface area contributed by atoms with Crippen molar-refractivity contribution in [2.45, 2.75) is 25.9 Å². The van der Waals surface area contributed by atoms with E-state index in [9.17, 15) is 0 Å². The van der Waals surface area contributed by atoms with Gasteiger partial charge in [-0.1, -0.05) is 48.5 Å². The third-order valence-electron chi connectivity index (χ3n) is 2.94. The maximum atomic E-state index is 5.24. The molecule has 2 nitrogen and oxygen atoms in total. The molecule has 2 rings (SSSR count). The summed E-state index contributed by atoms with van der Waals surface area (Å²) in [7, 11) is 0. The van der Waals surface area contributed by atoms with Crippen LogP contribution in [0.1, 0.15) is 30.4 Å². The summed E-state index contributed by atoms with van der Waals surface area (Å²) in [5, 5.41) is 3.99. The summed E-state index contributed by atoms with van der Waals surface area (Å²) in [6, 6.07) is 8.13. The summed E-state index contributed by atoms with van der Waals surface area (Å²) in [4.78, 5) is 5.24. The summed E-state index contributed by atoms with van der Waals surface area (Å²) >= 11 is 0. The quantitative estimate of drug-likeness (QED) is 0.543. The number of hydrogen-bond acceptors (Lipinski definition) is 2. The Morgan fingerprint density at radius 1 is 1.31 bits per heavy atom. The molecule has 0 spiro atoms. The molecule has 0 bridgehead atoms. The van der Waals surface area contributed by atoms with Crippen molar-refractivity contribution in [1.29, 1.82) is 0 Å². The van der Waals surface area contributed by atoms with Gasteiger partial charge in [-0.3, -0.25) is 0 Å². The molecule has 0 aromatic heterocycles. The Bertz CT molecular complexity index is 363. The number of nitrogens with zero attached hydrogens (tertiary/aromatic N) is 1. The lowest BCUT2D eigenvalue weighted by Gasteiger charge is -2.19. The molecule has 0 radical (unpaired) electrons. The van der Waals surface area contributed by atoms with Gasteiger partial charge < -0.3 is 4.84 Å². The van der Waals surface area contributed by atoms with Crippen molar-refractivity contribution in [1.82, 2.24) is 0 Å². The minimum Gasteiger partial charge on any atom is -0.391 e. The summed E-state index contributed by atoms with van der Waals surface area (Å²) < 4.78 is 0. The van der Waals surface area contributed by atoms with E-state index in [1.165, 1.54) is 19.3 Å². The van der Waals surface area contributed by atoms with Gasteiger partial charge in [-0.05, 0) is 29.9 Å². The SMILES string of the molecule is C=Cc1ccc(CON=CC2CCC2)cc1.